The van der Waals surface area contributed by atoms with E-state index in [1.54, 1.807) is 0 Å². The zero-order chi connectivity index (χ0) is 20.4. The molecule has 1 fully saturated rings. The molecule has 0 aliphatic carbocycles. The number of anilines is 1. The van der Waals surface area contributed by atoms with Gasteiger partial charge in [-0.3, -0.25) is 14.9 Å². The average Bonchev–Trinajstić information content (AvgIpc) is 3.05. The molecule has 3 rings (SSSR count). The summed E-state index contributed by atoms with van der Waals surface area (Å²) in [5.41, 5.74) is 0.344. The number of ether oxygens (including phenoxy) is 1. The molecule has 1 atom stereocenters. The minimum absolute atomic E-state index is 0.0427. The van der Waals surface area contributed by atoms with Crippen LogP contribution in [0.15, 0.2) is 35.6 Å². The highest BCUT2D eigenvalue weighted by atomic mass is 19.2. The third-order valence-corrected chi connectivity index (χ3v) is 4.19. The Morgan fingerprint density at radius 2 is 2.14 bits per heavy atom. The Bertz CT molecular complexity index is 920. The van der Waals surface area contributed by atoms with E-state index in [1.165, 1.54) is 42.5 Å². The number of benzene rings is 1. The van der Waals surface area contributed by atoms with Crippen molar-refractivity contribution in [3.05, 3.63) is 47.8 Å². The zero-order valence-electron chi connectivity index (χ0n) is 14.8. The molecule has 1 aliphatic heterocycles. The molecule has 11 heteroatoms. The van der Waals surface area contributed by atoms with Gasteiger partial charge in [-0.15, -0.1) is 0 Å². The van der Waals surface area contributed by atoms with Gasteiger partial charge < -0.3 is 15.7 Å². The summed E-state index contributed by atoms with van der Waals surface area (Å²) in [6, 6.07) is 5.62. The monoisotopic (exact) mass is 392 g/mol. The van der Waals surface area contributed by atoms with Gasteiger partial charge in [-0.1, -0.05) is 6.07 Å². The lowest BCUT2D eigenvalue weighted by Crippen LogP contribution is -2.35. The smallest absolute Gasteiger partial charge is 0.414 e. The van der Waals surface area contributed by atoms with Crippen LogP contribution in [0.4, 0.5) is 19.3 Å². The van der Waals surface area contributed by atoms with Gasteiger partial charge in [-0.05, 0) is 18.2 Å². The van der Waals surface area contributed by atoms with Crippen molar-refractivity contribution in [1.29, 1.82) is 0 Å². The number of amidine groups is 1. The third-order valence-electron chi connectivity index (χ3n) is 4.19. The molecular formula is C17H18F2N6O3. The Labute approximate surface area is 158 Å². The van der Waals surface area contributed by atoms with Gasteiger partial charge in [0.1, 0.15) is 11.8 Å². The predicted molar refractivity (Wildman–Crippen MR) is 97.0 cm³/mol. The lowest BCUT2D eigenvalue weighted by atomic mass is 10.1. The number of hydrogen-bond donors (Lipinski definition) is 3. The highest BCUT2D eigenvalue weighted by Gasteiger charge is 2.34. The van der Waals surface area contributed by atoms with Crippen molar-refractivity contribution >= 4 is 17.6 Å². The molecule has 148 valence electrons. The lowest BCUT2D eigenvalue weighted by Gasteiger charge is -2.16. The van der Waals surface area contributed by atoms with E-state index in [1.807, 2.05) is 0 Å². The number of halogens is 2. The number of carbonyl (C=O) groups excluding carboxylic acids is 1. The van der Waals surface area contributed by atoms with Gasteiger partial charge in [0.05, 0.1) is 18.8 Å². The fourth-order valence-corrected chi connectivity index (χ4v) is 2.81. The normalized spacial score (nSPS) is 17.0. The van der Waals surface area contributed by atoms with E-state index in [2.05, 4.69) is 10.1 Å². The first kappa shape index (κ1) is 19.5. The summed E-state index contributed by atoms with van der Waals surface area (Å²) in [6.45, 7) is -0.483. The maximum Gasteiger partial charge on any atom is 0.414 e. The van der Waals surface area contributed by atoms with Crippen LogP contribution < -0.4 is 16.6 Å². The Morgan fingerprint density at radius 3 is 2.68 bits per heavy atom. The van der Waals surface area contributed by atoms with Crippen molar-refractivity contribution in [3.63, 3.8) is 0 Å². The average molecular weight is 392 g/mol. The van der Waals surface area contributed by atoms with Gasteiger partial charge in [-0.2, -0.15) is 5.10 Å². The van der Waals surface area contributed by atoms with Gasteiger partial charge in [0.25, 0.3) is 0 Å². The molecule has 0 spiro atoms. The van der Waals surface area contributed by atoms with Crippen LogP contribution >= 0.6 is 0 Å². The number of hydrogen-bond acceptors (Lipinski definition) is 7. The second-order valence-corrected chi connectivity index (χ2v) is 6.05. The molecule has 28 heavy (non-hydrogen) atoms. The number of hydrazone groups is 1. The van der Waals surface area contributed by atoms with Gasteiger partial charge in [0.2, 0.25) is 0 Å². The molecule has 1 aliphatic rings. The van der Waals surface area contributed by atoms with Crippen LogP contribution in [-0.2, 0) is 4.74 Å². The first-order valence-electron chi connectivity index (χ1n) is 8.17. The molecule has 2 heterocycles. The lowest BCUT2D eigenvalue weighted by molar-refractivity contribution is 0.0963. The van der Waals surface area contributed by atoms with Crippen LogP contribution in [0.2, 0.25) is 0 Å². The molecule has 1 saturated heterocycles. The molecule has 1 unspecified atom stereocenters. The van der Waals surface area contributed by atoms with Crippen molar-refractivity contribution in [2.75, 3.05) is 25.1 Å². The van der Waals surface area contributed by atoms with E-state index >= 15 is 0 Å². The van der Waals surface area contributed by atoms with Gasteiger partial charge >= 0.3 is 6.09 Å². The zero-order valence-corrected chi connectivity index (χ0v) is 14.8. The van der Waals surface area contributed by atoms with Crippen LogP contribution in [0, 0.1) is 11.6 Å². The molecule has 0 saturated carbocycles. The SMILES string of the molecule is CN(N)/C(=N\N)c1ccc(-c2ccc(N3CC(CO)OC3=O)c(F)c2F)cn1. The first-order chi connectivity index (χ1) is 13.4. The van der Waals surface area contributed by atoms with Crippen LogP contribution in [-0.4, -0.2) is 53.3 Å². The third kappa shape index (κ3) is 3.44. The van der Waals surface area contributed by atoms with E-state index in [4.69, 9.17) is 21.5 Å². The highest BCUT2D eigenvalue weighted by Crippen LogP contribution is 2.32. The Kier molecular flexibility index (Phi) is 5.38. The number of aliphatic hydroxyl groups excluding tert-OH is 1. The second kappa shape index (κ2) is 7.74. The quantitative estimate of drug-likeness (QED) is 0.303. The number of rotatable bonds is 4. The van der Waals surface area contributed by atoms with Crippen molar-refractivity contribution < 1.29 is 23.4 Å². The van der Waals surface area contributed by atoms with Crippen molar-refractivity contribution in [2.24, 2.45) is 16.8 Å². The summed E-state index contributed by atoms with van der Waals surface area (Å²) < 4.78 is 34.1. The summed E-state index contributed by atoms with van der Waals surface area (Å²) in [5, 5.41) is 13.8. The van der Waals surface area contributed by atoms with Gasteiger partial charge in [0, 0.05) is 24.4 Å². The molecule has 1 aromatic carbocycles. The summed E-state index contributed by atoms with van der Waals surface area (Å²) >= 11 is 0. The number of pyridine rings is 1. The van der Waals surface area contributed by atoms with Crippen molar-refractivity contribution in [1.82, 2.24) is 9.99 Å². The van der Waals surface area contributed by atoms with Gasteiger partial charge in [0.15, 0.2) is 17.5 Å². The number of amides is 1. The molecule has 1 aromatic heterocycles. The number of nitrogens with zero attached hydrogens (tertiary/aromatic N) is 4. The fourth-order valence-electron chi connectivity index (χ4n) is 2.81. The summed E-state index contributed by atoms with van der Waals surface area (Å²) in [7, 11) is 1.53. The minimum Gasteiger partial charge on any atom is -0.441 e. The molecule has 0 radical (unpaired) electrons. The van der Waals surface area contributed by atoms with E-state index in [-0.39, 0.29) is 23.6 Å². The largest absolute Gasteiger partial charge is 0.441 e. The number of cyclic esters (lactones) is 1. The molecular weight excluding hydrogens is 374 g/mol. The Balaban J connectivity index is 1.92. The van der Waals surface area contributed by atoms with Crippen molar-refractivity contribution in [2.45, 2.75) is 6.10 Å². The fraction of sp³-hybridized carbons (Fsp3) is 0.235. The first-order valence-corrected chi connectivity index (χ1v) is 8.17. The molecule has 1 amide bonds. The highest BCUT2D eigenvalue weighted by molar-refractivity contribution is 5.96. The molecule has 0 bridgehead atoms. The van der Waals surface area contributed by atoms with Gasteiger partial charge in [-0.25, -0.2) is 19.4 Å². The van der Waals surface area contributed by atoms with Crippen molar-refractivity contribution in [3.8, 4) is 11.1 Å². The Hall–Kier alpha value is -3.31. The standard InChI is InChI=1S/C17H18F2N6O3/c1-24(21)16(23-20)12-4-2-9(6-22-12)11-3-5-13(15(19)14(11)18)25-7-10(8-26)28-17(25)27/h2-6,10,26H,7-8,20-21H2,1H3/b23-16-. The van der Waals surface area contributed by atoms with Crippen LogP contribution in [0.5, 0.6) is 0 Å². The van der Waals surface area contributed by atoms with E-state index in [9.17, 15) is 13.6 Å². The van der Waals surface area contributed by atoms with Crippen LogP contribution in [0.1, 0.15) is 5.69 Å². The molecule has 5 N–H and O–H groups in total. The maximum atomic E-state index is 14.7. The Morgan fingerprint density at radius 1 is 1.39 bits per heavy atom. The van der Waals surface area contributed by atoms with E-state index in [0.29, 0.717) is 11.3 Å². The molecule has 9 nitrogen and oxygen atoms in total. The number of aliphatic hydroxyl groups is 1. The van der Waals surface area contributed by atoms with Crippen LogP contribution in [0.3, 0.4) is 0 Å². The number of hydrazine groups is 1. The van der Waals surface area contributed by atoms with Crippen LogP contribution in [0.25, 0.3) is 11.1 Å². The summed E-state index contributed by atoms with van der Waals surface area (Å²) in [5.74, 6) is 8.72. The minimum atomic E-state index is -1.21. The van der Waals surface area contributed by atoms with E-state index in [0.717, 1.165) is 4.90 Å². The summed E-state index contributed by atoms with van der Waals surface area (Å²) in [4.78, 5) is 16.9. The summed E-state index contributed by atoms with van der Waals surface area (Å²) in [6.07, 6.45) is -0.311. The second-order valence-electron chi connectivity index (χ2n) is 6.05. The number of nitrogens with two attached hydrogens (primary N) is 2. The molecule has 2 aromatic rings. The predicted octanol–water partition coefficient (Wildman–Crippen LogP) is 0.770. The number of carbonyl (C=O) groups is 1. The topological polar surface area (TPSA) is 130 Å². The number of aromatic nitrogens is 1. The van der Waals surface area contributed by atoms with E-state index < -0.39 is 30.4 Å². The maximum absolute atomic E-state index is 14.7.